The van der Waals surface area contributed by atoms with E-state index in [0.717, 1.165) is 11.3 Å². The lowest BCUT2D eigenvalue weighted by molar-refractivity contribution is -0.137. The summed E-state index contributed by atoms with van der Waals surface area (Å²) < 4.78 is 15.1. The predicted molar refractivity (Wildman–Crippen MR) is 74.4 cm³/mol. The van der Waals surface area contributed by atoms with Gasteiger partial charge < -0.3 is 14.2 Å². The van der Waals surface area contributed by atoms with Crippen molar-refractivity contribution in [2.75, 3.05) is 20.8 Å². The molecule has 1 aromatic rings. The number of hydrogen-bond donors (Lipinski definition) is 0. The van der Waals surface area contributed by atoms with Gasteiger partial charge in [-0.3, -0.25) is 0 Å². The predicted octanol–water partition coefficient (Wildman–Crippen LogP) is 2.84. The fourth-order valence-electron chi connectivity index (χ4n) is 1.44. The van der Waals surface area contributed by atoms with Crippen LogP contribution in [-0.4, -0.2) is 26.8 Å². The molecule has 0 radical (unpaired) electrons. The van der Waals surface area contributed by atoms with Crippen molar-refractivity contribution < 1.29 is 19.0 Å². The average molecular weight is 262 g/mol. The van der Waals surface area contributed by atoms with Gasteiger partial charge in [-0.05, 0) is 19.1 Å². The Morgan fingerprint density at radius 3 is 2.63 bits per heavy atom. The Kier molecular flexibility index (Phi) is 6.22. The monoisotopic (exact) mass is 262 g/mol. The van der Waals surface area contributed by atoms with Gasteiger partial charge in [0.15, 0.2) is 0 Å². The maximum absolute atomic E-state index is 11.1. The molecular weight excluding hydrogens is 244 g/mol. The highest BCUT2D eigenvalue weighted by molar-refractivity contribution is 5.82. The van der Waals surface area contributed by atoms with Gasteiger partial charge >= 0.3 is 5.97 Å². The first-order valence-electron chi connectivity index (χ1n) is 5.94. The molecule has 0 saturated carbocycles. The molecule has 0 saturated heterocycles. The van der Waals surface area contributed by atoms with Crippen LogP contribution in [0.15, 0.2) is 36.4 Å². The van der Waals surface area contributed by atoms with Crippen molar-refractivity contribution in [2.24, 2.45) is 0 Å². The smallest absolute Gasteiger partial charge is 0.330 e. The summed E-state index contributed by atoms with van der Waals surface area (Å²) in [5.74, 6) is 1.09. The van der Waals surface area contributed by atoms with Crippen LogP contribution >= 0.6 is 0 Å². The van der Waals surface area contributed by atoms with Gasteiger partial charge in [0.05, 0.1) is 20.8 Å². The van der Waals surface area contributed by atoms with Gasteiger partial charge in [0, 0.05) is 17.7 Å². The zero-order chi connectivity index (χ0) is 14.1. The molecule has 1 aromatic carbocycles. The van der Waals surface area contributed by atoms with Gasteiger partial charge in [0.2, 0.25) is 0 Å². The van der Waals surface area contributed by atoms with Gasteiger partial charge in [0.1, 0.15) is 11.5 Å². The fraction of sp³-hybridized carbons (Fsp3) is 0.267. The van der Waals surface area contributed by atoms with Gasteiger partial charge in [-0.15, -0.1) is 0 Å². The SMILES string of the molecule is CCOC(=O)C=CC=Cc1ccc(OC)cc1OC. The maximum atomic E-state index is 11.1. The van der Waals surface area contributed by atoms with Crippen molar-refractivity contribution in [3.05, 3.63) is 42.0 Å². The highest BCUT2D eigenvalue weighted by Crippen LogP contribution is 2.25. The lowest BCUT2D eigenvalue weighted by atomic mass is 10.1. The van der Waals surface area contributed by atoms with Crippen LogP contribution in [0.3, 0.4) is 0 Å². The summed E-state index contributed by atoms with van der Waals surface area (Å²) in [5.41, 5.74) is 0.900. The zero-order valence-electron chi connectivity index (χ0n) is 11.4. The number of carbonyl (C=O) groups is 1. The van der Waals surface area contributed by atoms with Crippen LogP contribution in [-0.2, 0) is 9.53 Å². The van der Waals surface area contributed by atoms with Crippen LogP contribution in [0.4, 0.5) is 0 Å². The van der Waals surface area contributed by atoms with E-state index < -0.39 is 0 Å². The molecule has 0 aromatic heterocycles. The normalized spacial score (nSPS) is 10.9. The van der Waals surface area contributed by atoms with Gasteiger partial charge in [-0.25, -0.2) is 4.79 Å². The molecule has 0 heterocycles. The largest absolute Gasteiger partial charge is 0.497 e. The number of esters is 1. The molecule has 102 valence electrons. The van der Waals surface area contributed by atoms with E-state index >= 15 is 0 Å². The van der Waals surface area contributed by atoms with E-state index in [0.29, 0.717) is 12.4 Å². The minimum absolute atomic E-state index is 0.353. The first-order valence-corrected chi connectivity index (χ1v) is 5.94. The molecule has 0 atom stereocenters. The summed E-state index contributed by atoms with van der Waals surface area (Å²) in [6.07, 6.45) is 6.59. The molecule has 19 heavy (non-hydrogen) atoms. The summed E-state index contributed by atoms with van der Waals surface area (Å²) in [5, 5.41) is 0. The van der Waals surface area contributed by atoms with Gasteiger partial charge in [-0.1, -0.05) is 18.2 Å². The Labute approximate surface area is 113 Å². The topological polar surface area (TPSA) is 44.8 Å². The van der Waals surface area contributed by atoms with E-state index in [2.05, 4.69) is 0 Å². The standard InChI is InChI=1S/C15H18O4/c1-4-19-15(16)8-6-5-7-12-9-10-13(17-2)11-14(12)18-3/h5-11H,4H2,1-3H3. The quantitative estimate of drug-likeness (QED) is 0.449. The summed E-state index contributed by atoms with van der Waals surface area (Å²) in [6.45, 7) is 2.14. The van der Waals surface area contributed by atoms with Crippen LogP contribution in [0, 0.1) is 0 Å². The van der Waals surface area contributed by atoms with E-state index in [1.807, 2.05) is 18.2 Å². The summed E-state index contributed by atoms with van der Waals surface area (Å²) in [7, 11) is 3.20. The van der Waals surface area contributed by atoms with Crippen LogP contribution in [0.25, 0.3) is 6.08 Å². The highest BCUT2D eigenvalue weighted by Gasteiger charge is 2.01. The minimum atomic E-state index is -0.353. The second-order valence-electron chi connectivity index (χ2n) is 3.58. The third kappa shape index (κ3) is 4.87. The molecule has 4 nitrogen and oxygen atoms in total. The third-order valence-corrected chi connectivity index (χ3v) is 2.35. The Hall–Kier alpha value is -2.23. The Morgan fingerprint density at radius 2 is 2.00 bits per heavy atom. The number of benzene rings is 1. The van der Waals surface area contributed by atoms with E-state index in [9.17, 15) is 4.79 Å². The number of hydrogen-bond acceptors (Lipinski definition) is 4. The second-order valence-corrected chi connectivity index (χ2v) is 3.58. The third-order valence-electron chi connectivity index (χ3n) is 2.35. The highest BCUT2D eigenvalue weighted by atomic mass is 16.5. The first kappa shape index (κ1) is 14.8. The van der Waals surface area contributed by atoms with Gasteiger partial charge in [-0.2, -0.15) is 0 Å². The Morgan fingerprint density at radius 1 is 1.21 bits per heavy atom. The molecule has 0 amide bonds. The maximum Gasteiger partial charge on any atom is 0.330 e. The Balaban J connectivity index is 2.73. The van der Waals surface area contributed by atoms with Crippen LogP contribution in [0.2, 0.25) is 0 Å². The molecule has 0 fully saturated rings. The molecule has 0 spiro atoms. The van der Waals surface area contributed by atoms with E-state index in [1.54, 1.807) is 39.4 Å². The van der Waals surface area contributed by atoms with Crippen molar-refractivity contribution in [2.45, 2.75) is 6.92 Å². The number of allylic oxidation sites excluding steroid dienone is 2. The number of ether oxygens (including phenoxy) is 3. The zero-order valence-corrected chi connectivity index (χ0v) is 11.4. The van der Waals surface area contributed by atoms with Crippen molar-refractivity contribution in [3.8, 4) is 11.5 Å². The van der Waals surface area contributed by atoms with Crippen molar-refractivity contribution in [1.29, 1.82) is 0 Å². The van der Waals surface area contributed by atoms with E-state index in [-0.39, 0.29) is 5.97 Å². The molecule has 0 aliphatic heterocycles. The molecule has 0 bridgehead atoms. The second kappa shape index (κ2) is 7.97. The molecule has 0 N–H and O–H groups in total. The first-order chi connectivity index (χ1) is 9.21. The molecule has 0 unspecified atom stereocenters. The van der Waals surface area contributed by atoms with Crippen LogP contribution in [0.1, 0.15) is 12.5 Å². The lowest BCUT2D eigenvalue weighted by Gasteiger charge is -2.06. The average Bonchev–Trinajstić information content (AvgIpc) is 2.44. The summed E-state index contributed by atoms with van der Waals surface area (Å²) in [6, 6.07) is 5.53. The van der Waals surface area contributed by atoms with E-state index in [1.165, 1.54) is 6.08 Å². The minimum Gasteiger partial charge on any atom is -0.497 e. The van der Waals surface area contributed by atoms with Crippen LogP contribution in [0.5, 0.6) is 11.5 Å². The number of methoxy groups -OCH3 is 2. The van der Waals surface area contributed by atoms with Crippen molar-refractivity contribution in [1.82, 2.24) is 0 Å². The number of rotatable bonds is 6. The lowest BCUT2D eigenvalue weighted by Crippen LogP contribution is -1.98. The molecule has 0 aliphatic rings. The number of carbonyl (C=O) groups excluding carboxylic acids is 1. The summed E-state index contributed by atoms with van der Waals surface area (Å²) in [4.78, 5) is 11.1. The van der Waals surface area contributed by atoms with Crippen molar-refractivity contribution in [3.63, 3.8) is 0 Å². The molecule has 4 heteroatoms. The Bertz CT molecular complexity index is 475. The fourth-order valence-corrected chi connectivity index (χ4v) is 1.44. The van der Waals surface area contributed by atoms with E-state index in [4.69, 9.17) is 14.2 Å². The van der Waals surface area contributed by atoms with Crippen LogP contribution < -0.4 is 9.47 Å². The molecular formula is C15H18O4. The molecule has 0 aliphatic carbocycles. The van der Waals surface area contributed by atoms with Gasteiger partial charge in [0.25, 0.3) is 0 Å². The summed E-state index contributed by atoms with van der Waals surface area (Å²) >= 11 is 0. The molecule has 1 rings (SSSR count). The van der Waals surface area contributed by atoms with Crippen molar-refractivity contribution >= 4 is 12.0 Å².